The van der Waals surface area contributed by atoms with Gasteiger partial charge in [0.2, 0.25) is 0 Å². The highest BCUT2D eigenvalue weighted by Crippen LogP contribution is 2.21. The molecule has 0 heterocycles. The number of ether oxygens (including phenoxy) is 1. The lowest BCUT2D eigenvalue weighted by Crippen LogP contribution is -2.13. The van der Waals surface area contributed by atoms with Gasteiger partial charge in [0.1, 0.15) is 11.8 Å². The second kappa shape index (κ2) is 6.83. The van der Waals surface area contributed by atoms with Crippen LogP contribution < -0.4 is 10.1 Å². The van der Waals surface area contributed by atoms with Crippen molar-refractivity contribution in [1.29, 1.82) is 5.26 Å². The predicted octanol–water partition coefficient (Wildman–Crippen LogP) is 2.83. The molecule has 0 saturated heterocycles. The lowest BCUT2D eigenvalue weighted by Gasteiger charge is -2.11. The topological polar surface area (TPSA) is 45.0 Å². The molecule has 0 aliphatic rings. The van der Waals surface area contributed by atoms with E-state index in [9.17, 15) is 0 Å². The third-order valence-electron chi connectivity index (χ3n) is 2.82. The van der Waals surface area contributed by atoms with Crippen molar-refractivity contribution in [2.45, 2.75) is 13.8 Å². The van der Waals surface area contributed by atoms with Crippen LogP contribution in [0.3, 0.4) is 0 Å². The van der Waals surface area contributed by atoms with Crippen molar-refractivity contribution < 1.29 is 4.74 Å². The Morgan fingerprint density at radius 2 is 2.22 bits per heavy atom. The monoisotopic (exact) mass is 244 g/mol. The standard InChI is InChI=1S/C15H20N2O/c1-11(2)14(10-17-3)8-12-5-6-15(18-4)13(7-12)9-16/h5-8,11,17H,10H2,1-4H3. The summed E-state index contributed by atoms with van der Waals surface area (Å²) in [5, 5.41) is 12.2. The summed E-state index contributed by atoms with van der Waals surface area (Å²) in [6, 6.07) is 7.81. The minimum Gasteiger partial charge on any atom is -0.495 e. The van der Waals surface area contributed by atoms with E-state index in [1.165, 1.54) is 5.57 Å². The first-order valence-electron chi connectivity index (χ1n) is 6.05. The number of hydrogen-bond donors (Lipinski definition) is 1. The zero-order valence-corrected chi connectivity index (χ0v) is 11.4. The summed E-state index contributed by atoms with van der Waals surface area (Å²) in [5.74, 6) is 1.10. The Labute approximate surface area is 109 Å². The molecule has 3 nitrogen and oxygen atoms in total. The zero-order valence-electron chi connectivity index (χ0n) is 11.4. The molecule has 0 aliphatic heterocycles. The van der Waals surface area contributed by atoms with Gasteiger partial charge in [-0.25, -0.2) is 0 Å². The van der Waals surface area contributed by atoms with E-state index < -0.39 is 0 Å². The van der Waals surface area contributed by atoms with Crippen molar-refractivity contribution in [3.05, 3.63) is 34.9 Å². The van der Waals surface area contributed by atoms with Gasteiger partial charge in [0, 0.05) is 6.54 Å². The van der Waals surface area contributed by atoms with Gasteiger partial charge in [0.05, 0.1) is 12.7 Å². The first-order chi connectivity index (χ1) is 8.62. The Hall–Kier alpha value is -1.79. The van der Waals surface area contributed by atoms with E-state index in [0.29, 0.717) is 17.2 Å². The van der Waals surface area contributed by atoms with Crippen LogP contribution in [0, 0.1) is 17.2 Å². The van der Waals surface area contributed by atoms with Gasteiger partial charge in [0.15, 0.2) is 0 Å². The molecular formula is C15H20N2O. The van der Waals surface area contributed by atoms with Crippen LogP contribution in [-0.2, 0) is 0 Å². The number of nitriles is 1. The maximum absolute atomic E-state index is 9.06. The largest absolute Gasteiger partial charge is 0.495 e. The molecule has 18 heavy (non-hydrogen) atoms. The molecule has 0 atom stereocenters. The molecule has 1 aromatic rings. The van der Waals surface area contributed by atoms with Gasteiger partial charge in [-0.15, -0.1) is 0 Å². The van der Waals surface area contributed by atoms with E-state index in [2.05, 4.69) is 31.3 Å². The fourth-order valence-corrected chi connectivity index (χ4v) is 1.74. The molecule has 0 aromatic heterocycles. The minimum atomic E-state index is 0.477. The van der Waals surface area contributed by atoms with Crippen LogP contribution >= 0.6 is 0 Å². The molecule has 0 saturated carbocycles. The highest BCUT2D eigenvalue weighted by molar-refractivity contribution is 5.59. The summed E-state index contributed by atoms with van der Waals surface area (Å²) in [5.41, 5.74) is 2.91. The van der Waals surface area contributed by atoms with Crippen molar-refractivity contribution in [3.63, 3.8) is 0 Å². The summed E-state index contributed by atoms with van der Waals surface area (Å²) < 4.78 is 5.14. The van der Waals surface area contributed by atoms with E-state index in [1.54, 1.807) is 7.11 Å². The summed E-state index contributed by atoms with van der Waals surface area (Å²) in [4.78, 5) is 0. The predicted molar refractivity (Wildman–Crippen MR) is 74.5 cm³/mol. The Bertz CT molecular complexity index is 470. The molecule has 0 amide bonds. The molecular weight excluding hydrogens is 224 g/mol. The lowest BCUT2D eigenvalue weighted by atomic mass is 9.99. The molecule has 0 spiro atoms. The van der Waals surface area contributed by atoms with Crippen LogP contribution in [0.2, 0.25) is 0 Å². The maximum atomic E-state index is 9.06. The molecule has 0 aliphatic carbocycles. The molecule has 1 N–H and O–H groups in total. The van der Waals surface area contributed by atoms with E-state index in [1.807, 2.05) is 25.2 Å². The number of nitrogens with zero attached hydrogens (tertiary/aromatic N) is 1. The zero-order chi connectivity index (χ0) is 13.5. The van der Waals surface area contributed by atoms with Crippen molar-refractivity contribution in [3.8, 4) is 11.8 Å². The fourth-order valence-electron chi connectivity index (χ4n) is 1.74. The third kappa shape index (κ3) is 3.61. The van der Waals surface area contributed by atoms with Crippen LogP contribution in [0.25, 0.3) is 6.08 Å². The molecule has 0 unspecified atom stereocenters. The summed E-state index contributed by atoms with van der Waals surface area (Å²) >= 11 is 0. The highest BCUT2D eigenvalue weighted by atomic mass is 16.5. The van der Waals surface area contributed by atoms with Crippen LogP contribution in [0.4, 0.5) is 0 Å². The average Bonchev–Trinajstić information content (AvgIpc) is 2.37. The van der Waals surface area contributed by atoms with Crippen LogP contribution in [0.5, 0.6) is 5.75 Å². The Balaban J connectivity index is 3.10. The van der Waals surface area contributed by atoms with Gasteiger partial charge in [-0.1, -0.05) is 31.6 Å². The highest BCUT2D eigenvalue weighted by Gasteiger charge is 2.05. The van der Waals surface area contributed by atoms with Gasteiger partial charge in [0.25, 0.3) is 0 Å². The van der Waals surface area contributed by atoms with Gasteiger partial charge < -0.3 is 10.1 Å². The average molecular weight is 244 g/mol. The van der Waals surface area contributed by atoms with Crippen molar-refractivity contribution >= 4 is 6.08 Å². The van der Waals surface area contributed by atoms with E-state index in [-0.39, 0.29) is 0 Å². The van der Waals surface area contributed by atoms with Crippen LogP contribution in [-0.4, -0.2) is 20.7 Å². The quantitative estimate of drug-likeness (QED) is 0.866. The Kier molecular flexibility index (Phi) is 5.41. The SMILES string of the molecule is CNCC(=Cc1ccc(OC)c(C#N)c1)C(C)C. The normalized spacial score (nSPS) is 11.4. The summed E-state index contributed by atoms with van der Waals surface area (Å²) in [6.45, 7) is 5.18. The van der Waals surface area contributed by atoms with Crippen molar-refractivity contribution in [2.24, 2.45) is 5.92 Å². The molecule has 1 rings (SSSR count). The van der Waals surface area contributed by atoms with Crippen LogP contribution in [0.1, 0.15) is 25.0 Å². The van der Waals surface area contributed by atoms with Crippen LogP contribution in [0.15, 0.2) is 23.8 Å². The molecule has 0 bridgehead atoms. The smallest absolute Gasteiger partial charge is 0.136 e. The van der Waals surface area contributed by atoms with Gasteiger partial charge in [-0.05, 0) is 30.7 Å². The molecule has 1 aromatic carbocycles. The second-order valence-corrected chi connectivity index (χ2v) is 4.48. The number of hydrogen-bond acceptors (Lipinski definition) is 3. The fraction of sp³-hybridized carbons (Fsp3) is 0.400. The minimum absolute atomic E-state index is 0.477. The first-order valence-corrected chi connectivity index (χ1v) is 6.05. The first kappa shape index (κ1) is 14.3. The van der Waals surface area contributed by atoms with E-state index >= 15 is 0 Å². The lowest BCUT2D eigenvalue weighted by molar-refractivity contribution is 0.413. The molecule has 0 radical (unpaired) electrons. The number of likely N-dealkylation sites (N-methyl/N-ethyl adjacent to an activating group) is 1. The number of methoxy groups -OCH3 is 1. The van der Waals surface area contributed by atoms with Crippen molar-refractivity contribution in [1.82, 2.24) is 5.32 Å². The third-order valence-corrected chi connectivity index (χ3v) is 2.82. The Morgan fingerprint density at radius 1 is 1.50 bits per heavy atom. The number of rotatable bonds is 5. The maximum Gasteiger partial charge on any atom is 0.136 e. The molecule has 3 heteroatoms. The second-order valence-electron chi connectivity index (χ2n) is 4.48. The van der Waals surface area contributed by atoms with Gasteiger partial charge in [-0.3, -0.25) is 0 Å². The number of nitrogens with one attached hydrogen (secondary N) is 1. The van der Waals surface area contributed by atoms with E-state index in [0.717, 1.165) is 12.1 Å². The number of benzene rings is 1. The summed E-state index contributed by atoms with van der Waals surface area (Å²) in [6.07, 6.45) is 2.13. The van der Waals surface area contributed by atoms with Crippen molar-refractivity contribution in [2.75, 3.05) is 20.7 Å². The molecule has 96 valence electrons. The Morgan fingerprint density at radius 3 is 2.72 bits per heavy atom. The van der Waals surface area contributed by atoms with Gasteiger partial charge >= 0.3 is 0 Å². The summed E-state index contributed by atoms with van der Waals surface area (Å²) in [7, 11) is 3.51. The molecule has 0 fully saturated rings. The van der Waals surface area contributed by atoms with Gasteiger partial charge in [-0.2, -0.15) is 5.26 Å². The van der Waals surface area contributed by atoms with E-state index in [4.69, 9.17) is 10.00 Å².